The Morgan fingerprint density at radius 1 is 1.03 bits per heavy atom. The predicted octanol–water partition coefficient (Wildman–Crippen LogP) is 4.06. The average Bonchev–Trinajstić information content (AvgIpc) is 3.36. The summed E-state index contributed by atoms with van der Waals surface area (Å²) in [6.07, 6.45) is 0. The molecule has 3 aromatic rings. The molecule has 178 valence electrons. The van der Waals surface area contributed by atoms with Crippen LogP contribution in [0.2, 0.25) is 5.02 Å². The van der Waals surface area contributed by atoms with E-state index in [-0.39, 0.29) is 17.0 Å². The first-order valence-electron chi connectivity index (χ1n) is 10.9. The van der Waals surface area contributed by atoms with Crippen LogP contribution in [-0.4, -0.2) is 35.9 Å². The lowest BCUT2D eigenvalue weighted by molar-refractivity contribution is -0.123. The van der Waals surface area contributed by atoms with Crippen molar-refractivity contribution in [3.05, 3.63) is 94.3 Å². The number of hydrogen-bond donors (Lipinski definition) is 1. The zero-order chi connectivity index (χ0) is 24.9. The lowest BCUT2D eigenvalue weighted by Gasteiger charge is -2.26. The van der Waals surface area contributed by atoms with E-state index in [4.69, 9.17) is 16.3 Å². The van der Waals surface area contributed by atoms with Crippen LogP contribution in [0.5, 0.6) is 5.75 Å². The van der Waals surface area contributed by atoms with E-state index in [2.05, 4.69) is 5.43 Å². The number of hydrogen-bond acceptors (Lipinski definition) is 5. The molecule has 3 amide bonds. The van der Waals surface area contributed by atoms with Gasteiger partial charge in [-0.05, 0) is 43.3 Å². The number of carbonyl (C=O) groups excluding carboxylic acids is 3. The molecule has 3 aromatic carbocycles. The minimum Gasteiger partial charge on any atom is -0.495 e. The molecule has 0 bridgehead atoms. The standard InChI is InChI=1S/C26H21ClFN3O4/c1-14-7-9-15(10-8-14)24(32)31-23-21(22(29-31)17-5-3-4-6-18(17)28)25(33)30(26(23)34)19-13-16(27)11-12-20(19)35-2/h3-13,21-23,29H,1-2H3/t21-,22+,23-/m1/s1. The van der Waals surface area contributed by atoms with Gasteiger partial charge in [0.25, 0.3) is 11.8 Å². The number of methoxy groups -OCH3 is 1. The minimum absolute atomic E-state index is 0.166. The van der Waals surface area contributed by atoms with Gasteiger partial charge in [-0.2, -0.15) is 0 Å². The number of aryl methyl sites for hydroxylation is 1. The lowest BCUT2D eigenvalue weighted by Crippen LogP contribution is -2.48. The van der Waals surface area contributed by atoms with E-state index >= 15 is 0 Å². The minimum atomic E-state index is -1.19. The van der Waals surface area contributed by atoms with Gasteiger partial charge in [-0.1, -0.05) is 47.5 Å². The van der Waals surface area contributed by atoms with Crippen LogP contribution in [0.3, 0.4) is 0 Å². The maximum atomic E-state index is 14.8. The fourth-order valence-corrected chi connectivity index (χ4v) is 4.84. The number of benzene rings is 3. The topological polar surface area (TPSA) is 79.0 Å². The van der Waals surface area contributed by atoms with Crippen molar-refractivity contribution < 1.29 is 23.5 Å². The van der Waals surface area contributed by atoms with Gasteiger partial charge in [0.2, 0.25) is 5.91 Å². The number of halogens is 2. The van der Waals surface area contributed by atoms with Gasteiger partial charge in [0, 0.05) is 16.1 Å². The maximum Gasteiger partial charge on any atom is 0.268 e. The van der Waals surface area contributed by atoms with E-state index in [9.17, 15) is 18.8 Å². The summed E-state index contributed by atoms with van der Waals surface area (Å²) in [7, 11) is 1.41. The molecule has 0 saturated carbocycles. The molecule has 0 radical (unpaired) electrons. The van der Waals surface area contributed by atoms with Gasteiger partial charge in [0.05, 0.1) is 24.8 Å². The van der Waals surface area contributed by atoms with Crippen LogP contribution in [0.15, 0.2) is 66.7 Å². The van der Waals surface area contributed by atoms with Gasteiger partial charge in [-0.25, -0.2) is 14.7 Å². The summed E-state index contributed by atoms with van der Waals surface area (Å²) in [5, 5.41) is 1.44. The van der Waals surface area contributed by atoms with Gasteiger partial charge in [0.15, 0.2) is 0 Å². The number of hydrazine groups is 1. The number of imide groups is 1. The Morgan fingerprint density at radius 2 is 1.74 bits per heavy atom. The van der Waals surface area contributed by atoms with E-state index in [0.29, 0.717) is 10.6 Å². The van der Waals surface area contributed by atoms with Crippen molar-refractivity contribution in [3.63, 3.8) is 0 Å². The van der Waals surface area contributed by atoms with Crippen LogP contribution >= 0.6 is 11.6 Å². The molecule has 0 aromatic heterocycles. The highest BCUT2D eigenvalue weighted by Crippen LogP contribution is 2.45. The van der Waals surface area contributed by atoms with Gasteiger partial charge < -0.3 is 4.74 Å². The normalized spacial score (nSPS) is 21.4. The maximum absolute atomic E-state index is 14.8. The van der Waals surface area contributed by atoms with Crippen molar-refractivity contribution in [3.8, 4) is 5.75 Å². The Bertz CT molecular complexity index is 1350. The first-order chi connectivity index (χ1) is 16.8. The van der Waals surface area contributed by atoms with Crippen molar-refractivity contribution in [1.82, 2.24) is 10.4 Å². The van der Waals surface area contributed by atoms with E-state index in [0.717, 1.165) is 15.5 Å². The first-order valence-corrected chi connectivity index (χ1v) is 11.3. The van der Waals surface area contributed by atoms with E-state index in [1.807, 2.05) is 6.92 Å². The molecule has 35 heavy (non-hydrogen) atoms. The summed E-state index contributed by atoms with van der Waals surface area (Å²) in [4.78, 5) is 41.9. The smallest absolute Gasteiger partial charge is 0.268 e. The second-order valence-electron chi connectivity index (χ2n) is 8.47. The van der Waals surface area contributed by atoms with Crippen LogP contribution in [-0.2, 0) is 9.59 Å². The fraction of sp³-hybridized carbons (Fsp3) is 0.192. The highest BCUT2D eigenvalue weighted by molar-refractivity contribution is 6.32. The number of nitrogens with one attached hydrogen (secondary N) is 1. The molecular formula is C26H21ClFN3O4. The Morgan fingerprint density at radius 3 is 2.43 bits per heavy atom. The first kappa shape index (κ1) is 23.0. The summed E-state index contributed by atoms with van der Waals surface area (Å²) in [6, 6.07) is 15.3. The molecule has 2 fully saturated rings. The Hall–Kier alpha value is -3.75. The molecular weight excluding hydrogens is 473 g/mol. The summed E-state index contributed by atoms with van der Waals surface area (Å²) < 4.78 is 20.2. The molecule has 0 aliphatic carbocycles. The van der Waals surface area contributed by atoms with E-state index < -0.39 is 41.5 Å². The zero-order valence-corrected chi connectivity index (χ0v) is 19.6. The third kappa shape index (κ3) is 3.75. The highest BCUT2D eigenvalue weighted by atomic mass is 35.5. The van der Waals surface area contributed by atoms with E-state index in [1.165, 1.54) is 31.4 Å². The molecule has 2 saturated heterocycles. The van der Waals surface area contributed by atoms with Crippen LogP contribution in [0.1, 0.15) is 27.5 Å². The predicted molar refractivity (Wildman–Crippen MR) is 127 cm³/mol. The van der Waals surface area contributed by atoms with Crippen molar-refractivity contribution in [2.75, 3.05) is 12.0 Å². The Balaban J connectivity index is 1.62. The molecule has 2 heterocycles. The Kier molecular flexibility index (Phi) is 5.78. The van der Waals surface area contributed by atoms with Crippen LogP contribution in [0.25, 0.3) is 0 Å². The van der Waals surface area contributed by atoms with Crippen LogP contribution in [0, 0.1) is 18.7 Å². The largest absolute Gasteiger partial charge is 0.495 e. The summed E-state index contributed by atoms with van der Waals surface area (Å²) in [5.74, 6) is -3.06. The molecule has 3 atom stereocenters. The second kappa shape index (κ2) is 8.79. The molecule has 0 spiro atoms. The number of carbonyl (C=O) groups is 3. The molecule has 9 heteroatoms. The van der Waals surface area contributed by atoms with E-state index in [1.54, 1.807) is 42.5 Å². The van der Waals surface area contributed by atoms with Crippen molar-refractivity contribution in [2.45, 2.75) is 19.0 Å². The molecule has 1 N–H and O–H groups in total. The quantitative estimate of drug-likeness (QED) is 0.555. The third-order valence-corrected chi connectivity index (χ3v) is 6.61. The van der Waals surface area contributed by atoms with Gasteiger partial charge in [-0.3, -0.25) is 19.4 Å². The monoisotopic (exact) mass is 493 g/mol. The zero-order valence-electron chi connectivity index (χ0n) is 18.9. The number of amides is 3. The van der Waals surface area contributed by atoms with Gasteiger partial charge in [-0.15, -0.1) is 0 Å². The number of ether oxygens (including phenoxy) is 1. The van der Waals surface area contributed by atoms with Crippen LogP contribution < -0.4 is 15.1 Å². The second-order valence-corrected chi connectivity index (χ2v) is 8.90. The molecule has 2 aliphatic heterocycles. The summed E-state index contributed by atoms with van der Waals surface area (Å²) >= 11 is 6.15. The van der Waals surface area contributed by atoms with Crippen molar-refractivity contribution >= 4 is 35.0 Å². The molecule has 5 rings (SSSR count). The molecule has 0 unspecified atom stereocenters. The highest BCUT2D eigenvalue weighted by Gasteiger charge is 2.61. The molecule has 7 nitrogen and oxygen atoms in total. The van der Waals surface area contributed by atoms with Crippen molar-refractivity contribution in [2.24, 2.45) is 5.92 Å². The SMILES string of the molecule is COc1ccc(Cl)cc1N1C(=O)[C@@H]2[C@H](c3ccccc3F)NN(C(=O)c3ccc(C)cc3)[C@H]2C1=O. The number of anilines is 1. The Labute approximate surface area is 206 Å². The fourth-order valence-electron chi connectivity index (χ4n) is 4.67. The van der Waals surface area contributed by atoms with Crippen LogP contribution in [0.4, 0.5) is 10.1 Å². The number of nitrogens with zero attached hydrogens (tertiary/aromatic N) is 2. The summed E-state index contributed by atoms with van der Waals surface area (Å²) in [6.45, 7) is 1.89. The average molecular weight is 494 g/mol. The van der Waals surface area contributed by atoms with Crippen molar-refractivity contribution in [1.29, 1.82) is 0 Å². The summed E-state index contributed by atoms with van der Waals surface area (Å²) in [5.41, 5.74) is 4.59. The van der Waals surface area contributed by atoms with Gasteiger partial charge in [0.1, 0.15) is 17.6 Å². The molecule has 2 aliphatic rings. The number of fused-ring (bicyclic) bond motifs is 1. The van der Waals surface area contributed by atoms with Gasteiger partial charge >= 0.3 is 0 Å². The number of rotatable bonds is 4. The lowest BCUT2D eigenvalue weighted by atomic mass is 9.90. The third-order valence-electron chi connectivity index (χ3n) is 6.37.